The lowest BCUT2D eigenvalue weighted by atomic mass is 10.2. The van der Waals surface area contributed by atoms with E-state index in [0.29, 0.717) is 12.3 Å². The molecule has 2 aromatic rings. The van der Waals surface area contributed by atoms with Crippen molar-refractivity contribution in [3.05, 3.63) is 54.6 Å². The highest BCUT2D eigenvalue weighted by atomic mass is 16.5. The van der Waals surface area contributed by atoms with E-state index in [2.05, 4.69) is 10.3 Å². The van der Waals surface area contributed by atoms with Gasteiger partial charge in [-0.15, -0.1) is 0 Å². The maximum Gasteiger partial charge on any atom is 0.349 e. The van der Waals surface area contributed by atoms with Gasteiger partial charge in [0.05, 0.1) is 12.3 Å². The highest BCUT2D eigenvalue weighted by Gasteiger charge is 1.97. The van der Waals surface area contributed by atoms with Gasteiger partial charge in [-0.2, -0.15) is 0 Å². The molecule has 0 saturated carbocycles. The Morgan fingerprint density at radius 3 is 2.65 bits per heavy atom. The van der Waals surface area contributed by atoms with Crippen LogP contribution in [0.25, 0.3) is 0 Å². The molecule has 0 aromatic heterocycles. The zero-order valence-corrected chi connectivity index (χ0v) is 11.2. The molecule has 0 heterocycles. The van der Waals surface area contributed by atoms with Crippen LogP contribution < -0.4 is 5.32 Å². The Morgan fingerprint density at radius 1 is 1.15 bits per heavy atom. The number of hydrogen-bond donors (Lipinski definition) is 1. The van der Waals surface area contributed by atoms with E-state index in [1.54, 1.807) is 6.92 Å². The quantitative estimate of drug-likeness (QED) is 0.664. The summed E-state index contributed by atoms with van der Waals surface area (Å²) in [6, 6.07) is 17.4. The summed E-state index contributed by atoms with van der Waals surface area (Å²) >= 11 is 0. The van der Waals surface area contributed by atoms with Gasteiger partial charge in [-0.3, -0.25) is 0 Å². The molecule has 102 valence electrons. The van der Waals surface area contributed by atoms with Gasteiger partial charge < -0.3 is 10.1 Å². The van der Waals surface area contributed by atoms with Crippen molar-refractivity contribution in [2.24, 2.45) is 4.99 Å². The van der Waals surface area contributed by atoms with Crippen molar-refractivity contribution in [3.8, 4) is 0 Å². The minimum Gasteiger partial charge on any atom is -0.462 e. The zero-order chi connectivity index (χ0) is 14.2. The number of hydrogen-bond acceptors (Lipinski definition) is 4. The number of ether oxygens (including phenoxy) is 1. The summed E-state index contributed by atoms with van der Waals surface area (Å²) < 4.78 is 4.79. The Kier molecular flexibility index (Phi) is 4.89. The van der Waals surface area contributed by atoms with Gasteiger partial charge >= 0.3 is 5.97 Å². The molecule has 20 heavy (non-hydrogen) atoms. The van der Waals surface area contributed by atoms with E-state index < -0.39 is 5.97 Å². The van der Waals surface area contributed by atoms with Crippen molar-refractivity contribution >= 4 is 29.2 Å². The fourth-order valence-corrected chi connectivity index (χ4v) is 1.66. The summed E-state index contributed by atoms with van der Waals surface area (Å²) in [7, 11) is 0. The monoisotopic (exact) mass is 268 g/mol. The second-order valence-corrected chi connectivity index (χ2v) is 4.05. The van der Waals surface area contributed by atoms with Crippen LogP contribution in [0.1, 0.15) is 6.92 Å². The van der Waals surface area contributed by atoms with Crippen LogP contribution in [0.2, 0.25) is 0 Å². The highest BCUT2D eigenvalue weighted by molar-refractivity contribution is 6.23. The SMILES string of the molecule is CCOC(=O)C=Nc1cccc(Nc2ccccc2)c1. The van der Waals surface area contributed by atoms with Crippen molar-refractivity contribution < 1.29 is 9.53 Å². The third kappa shape index (κ3) is 4.24. The minimum absolute atomic E-state index is 0.348. The number of carbonyl (C=O) groups excluding carboxylic acids is 1. The van der Waals surface area contributed by atoms with Crippen molar-refractivity contribution in [2.45, 2.75) is 6.92 Å². The first-order valence-corrected chi connectivity index (χ1v) is 6.41. The zero-order valence-electron chi connectivity index (χ0n) is 11.2. The van der Waals surface area contributed by atoms with E-state index in [1.807, 2.05) is 54.6 Å². The first-order valence-electron chi connectivity index (χ1n) is 6.41. The number of rotatable bonds is 5. The maximum absolute atomic E-state index is 11.2. The summed E-state index contributed by atoms with van der Waals surface area (Å²) in [5, 5.41) is 3.27. The fraction of sp³-hybridized carbons (Fsp3) is 0.125. The number of esters is 1. The molecule has 4 nitrogen and oxygen atoms in total. The first-order chi connectivity index (χ1) is 9.78. The summed E-state index contributed by atoms with van der Waals surface area (Å²) in [5.74, 6) is -0.436. The molecule has 0 aliphatic rings. The van der Waals surface area contributed by atoms with Crippen LogP contribution in [0.5, 0.6) is 0 Å². The Morgan fingerprint density at radius 2 is 1.90 bits per heavy atom. The average Bonchev–Trinajstić information content (AvgIpc) is 2.47. The molecule has 1 N–H and O–H groups in total. The minimum atomic E-state index is -0.436. The molecule has 0 aliphatic carbocycles. The smallest absolute Gasteiger partial charge is 0.349 e. The summed E-state index contributed by atoms with van der Waals surface area (Å²) in [6.07, 6.45) is 1.19. The van der Waals surface area contributed by atoms with Gasteiger partial charge in [-0.1, -0.05) is 24.3 Å². The van der Waals surface area contributed by atoms with Gasteiger partial charge in [-0.05, 0) is 37.3 Å². The van der Waals surface area contributed by atoms with Crippen molar-refractivity contribution in [1.29, 1.82) is 0 Å². The average molecular weight is 268 g/mol. The molecule has 2 rings (SSSR count). The number of nitrogens with one attached hydrogen (secondary N) is 1. The standard InChI is InChI=1S/C16H16N2O2/c1-2-20-16(19)12-17-14-9-6-10-15(11-14)18-13-7-4-3-5-8-13/h3-12,18H,2H2,1H3. The predicted molar refractivity (Wildman–Crippen MR) is 81.0 cm³/mol. The first kappa shape index (κ1) is 13.8. The molecule has 0 radical (unpaired) electrons. The predicted octanol–water partition coefficient (Wildman–Crippen LogP) is 3.70. The number of benzene rings is 2. The lowest BCUT2D eigenvalue weighted by molar-refractivity contribution is -0.134. The number of anilines is 2. The van der Waals surface area contributed by atoms with Crippen LogP contribution in [-0.2, 0) is 9.53 Å². The number of carbonyl (C=O) groups is 1. The molecule has 0 bridgehead atoms. The van der Waals surface area contributed by atoms with Gasteiger partial charge in [-0.25, -0.2) is 9.79 Å². The van der Waals surface area contributed by atoms with Gasteiger partial charge in [0.2, 0.25) is 0 Å². The van der Waals surface area contributed by atoms with Crippen LogP contribution in [0.15, 0.2) is 59.6 Å². The highest BCUT2D eigenvalue weighted by Crippen LogP contribution is 2.21. The molecule has 0 aliphatic heterocycles. The van der Waals surface area contributed by atoms with Crippen LogP contribution in [0.4, 0.5) is 17.1 Å². The molecule has 0 atom stereocenters. The molecule has 0 spiro atoms. The van der Waals surface area contributed by atoms with Gasteiger partial charge in [0.15, 0.2) is 0 Å². The lowest BCUT2D eigenvalue weighted by Crippen LogP contribution is -2.04. The number of aliphatic imine (C=N–C) groups is 1. The van der Waals surface area contributed by atoms with E-state index >= 15 is 0 Å². The summed E-state index contributed by atoms with van der Waals surface area (Å²) in [5.41, 5.74) is 2.60. The van der Waals surface area contributed by atoms with Crippen LogP contribution >= 0.6 is 0 Å². The fourth-order valence-electron chi connectivity index (χ4n) is 1.66. The number of para-hydroxylation sites is 1. The normalized spacial score (nSPS) is 10.4. The summed E-state index contributed by atoms with van der Waals surface area (Å²) in [4.78, 5) is 15.3. The van der Waals surface area contributed by atoms with Gasteiger partial charge in [0.25, 0.3) is 0 Å². The summed E-state index contributed by atoms with van der Waals surface area (Å²) in [6.45, 7) is 2.11. The van der Waals surface area contributed by atoms with Gasteiger partial charge in [0.1, 0.15) is 6.21 Å². The Bertz CT molecular complexity index is 594. The molecular weight excluding hydrogens is 252 g/mol. The lowest BCUT2D eigenvalue weighted by Gasteiger charge is -2.06. The Hall–Kier alpha value is -2.62. The topological polar surface area (TPSA) is 50.7 Å². The van der Waals surface area contributed by atoms with E-state index in [-0.39, 0.29) is 0 Å². The van der Waals surface area contributed by atoms with Crippen molar-refractivity contribution in [3.63, 3.8) is 0 Å². The largest absolute Gasteiger partial charge is 0.462 e. The van der Waals surface area contributed by atoms with E-state index in [0.717, 1.165) is 11.4 Å². The van der Waals surface area contributed by atoms with Crippen molar-refractivity contribution in [2.75, 3.05) is 11.9 Å². The second-order valence-electron chi connectivity index (χ2n) is 4.05. The molecular formula is C16H16N2O2. The molecule has 0 saturated heterocycles. The molecule has 2 aromatic carbocycles. The number of nitrogens with zero attached hydrogens (tertiary/aromatic N) is 1. The van der Waals surface area contributed by atoms with E-state index in [9.17, 15) is 4.79 Å². The maximum atomic E-state index is 11.2. The van der Waals surface area contributed by atoms with Crippen molar-refractivity contribution in [1.82, 2.24) is 0 Å². The molecule has 0 unspecified atom stereocenters. The second kappa shape index (κ2) is 7.09. The van der Waals surface area contributed by atoms with E-state index in [1.165, 1.54) is 6.21 Å². The molecule has 4 heteroatoms. The van der Waals surface area contributed by atoms with E-state index in [4.69, 9.17) is 4.74 Å². The van der Waals surface area contributed by atoms with Crippen LogP contribution in [0.3, 0.4) is 0 Å². The van der Waals surface area contributed by atoms with Crippen LogP contribution in [0, 0.1) is 0 Å². The third-order valence-electron chi connectivity index (χ3n) is 2.51. The molecule has 0 amide bonds. The Balaban J connectivity index is 2.06. The third-order valence-corrected chi connectivity index (χ3v) is 2.51. The Labute approximate surface area is 118 Å². The van der Waals surface area contributed by atoms with Gasteiger partial charge in [0, 0.05) is 11.4 Å². The van der Waals surface area contributed by atoms with Crippen LogP contribution in [-0.4, -0.2) is 18.8 Å². The molecule has 0 fully saturated rings.